The first-order valence-electron chi connectivity index (χ1n) is 6.81. The summed E-state index contributed by atoms with van der Waals surface area (Å²) in [5, 5.41) is 8.90. The molecule has 1 N–H and O–H groups in total. The largest absolute Gasteiger partial charge is 0.481 e. The predicted molar refractivity (Wildman–Crippen MR) is 72.8 cm³/mol. The molecule has 0 spiro atoms. The van der Waals surface area contributed by atoms with Gasteiger partial charge in [-0.1, -0.05) is 45.0 Å². The summed E-state index contributed by atoms with van der Waals surface area (Å²) < 4.78 is 0. The van der Waals surface area contributed by atoms with Gasteiger partial charge in [-0.2, -0.15) is 0 Å². The second-order valence-electron chi connectivity index (χ2n) is 5.90. The summed E-state index contributed by atoms with van der Waals surface area (Å²) in [5.41, 5.74) is 2.69. The minimum Gasteiger partial charge on any atom is -0.481 e. The Bertz CT molecular complexity index is 419. The fraction of sp³-hybridized carbons (Fsp3) is 0.562. The van der Waals surface area contributed by atoms with Crippen molar-refractivity contribution in [2.45, 2.75) is 45.4 Å². The van der Waals surface area contributed by atoms with Gasteiger partial charge >= 0.3 is 5.97 Å². The van der Waals surface area contributed by atoms with E-state index in [4.69, 9.17) is 5.11 Å². The van der Waals surface area contributed by atoms with Gasteiger partial charge in [0.05, 0.1) is 5.92 Å². The molecule has 3 atom stereocenters. The van der Waals surface area contributed by atoms with Crippen LogP contribution in [0.3, 0.4) is 0 Å². The summed E-state index contributed by atoms with van der Waals surface area (Å²) in [6.07, 6.45) is 1.86. The molecule has 1 saturated carbocycles. The summed E-state index contributed by atoms with van der Waals surface area (Å²) in [6, 6.07) is 8.77. The van der Waals surface area contributed by atoms with E-state index in [1.807, 2.05) is 0 Å². The van der Waals surface area contributed by atoms with Crippen LogP contribution in [0.2, 0.25) is 0 Å². The van der Waals surface area contributed by atoms with Crippen molar-refractivity contribution in [2.24, 2.45) is 11.8 Å². The van der Waals surface area contributed by atoms with Gasteiger partial charge in [0.15, 0.2) is 0 Å². The number of carboxylic acid groups (broad SMARTS) is 1. The third kappa shape index (κ3) is 2.92. The van der Waals surface area contributed by atoms with Crippen LogP contribution in [-0.4, -0.2) is 11.1 Å². The molecule has 1 aliphatic rings. The summed E-state index contributed by atoms with van der Waals surface area (Å²) in [5.74, 6) is 0.710. The van der Waals surface area contributed by atoms with E-state index in [0.29, 0.717) is 17.8 Å². The monoisotopic (exact) mass is 246 g/mol. The highest BCUT2D eigenvalue weighted by Gasteiger charge is 2.43. The summed E-state index contributed by atoms with van der Waals surface area (Å²) in [7, 11) is 0. The van der Waals surface area contributed by atoms with Crippen LogP contribution < -0.4 is 0 Å². The van der Waals surface area contributed by atoms with Gasteiger partial charge in [0, 0.05) is 0 Å². The van der Waals surface area contributed by atoms with Crippen molar-refractivity contribution in [1.29, 1.82) is 0 Å². The normalized spacial score (nSPS) is 24.0. The first-order chi connectivity index (χ1) is 8.49. The van der Waals surface area contributed by atoms with E-state index < -0.39 is 5.97 Å². The molecule has 0 bridgehead atoms. The van der Waals surface area contributed by atoms with Crippen molar-refractivity contribution in [2.75, 3.05) is 0 Å². The Kier molecular flexibility index (Phi) is 3.74. The van der Waals surface area contributed by atoms with E-state index in [0.717, 1.165) is 12.8 Å². The predicted octanol–water partition coefficient (Wildman–Crippen LogP) is 4.02. The second kappa shape index (κ2) is 5.13. The Balaban J connectivity index is 1.93. The van der Waals surface area contributed by atoms with Crippen LogP contribution in [0.15, 0.2) is 24.3 Å². The molecule has 98 valence electrons. The molecule has 0 amide bonds. The van der Waals surface area contributed by atoms with Crippen LogP contribution in [0, 0.1) is 11.8 Å². The molecule has 1 fully saturated rings. The first kappa shape index (κ1) is 13.1. The second-order valence-corrected chi connectivity index (χ2v) is 5.90. The van der Waals surface area contributed by atoms with E-state index in [2.05, 4.69) is 45.0 Å². The fourth-order valence-electron chi connectivity index (χ4n) is 2.61. The highest BCUT2D eigenvalue weighted by Crippen LogP contribution is 2.45. The third-order valence-corrected chi connectivity index (χ3v) is 4.07. The molecule has 1 aromatic carbocycles. The standard InChI is InChI=1S/C16H22O2/c1-10(2)12-4-6-13(7-5-12)11(3)8-14-9-15(14)16(17)18/h4-7,10-11,14-15H,8-9H2,1-3H3,(H,17,18). The maximum atomic E-state index is 10.8. The van der Waals surface area contributed by atoms with E-state index in [1.54, 1.807) is 0 Å². The molecular weight excluding hydrogens is 224 g/mol. The van der Waals surface area contributed by atoms with Gasteiger partial charge in [-0.25, -0.2) is 0 Å². The van der Waals surface area contributed by atoms with Crippen molar-refractivity contribution >= 4 is 5.97 Å². The highest BCUT2D eigenvalue weighted by atomic mass is 16.4. The molecule has 0 aromatic heterocycles. The lowest BCUT2D eigenvalue weighted by Gasteiger charge is -2.13. The van der Waals surface area contributed by atoms with Crippen molar-refractivity contribution in [1.82, 2.24) is 0 Å². The Morgan fingerprint density at radius 3 is 2.22 bits per heavy atom. The fourth-order valence-corrected chi connectivity index (χ4v) is 2.61. The lowest BCUT2D eigenvalue weighted by Crippen LogP contribution is -2.02. The van der Waals surface area contributed by atoms with Crippen LogP contribution in [0.25, 0.3) is 0 Å². The van der Waals surface area contributed by atoms with Gasteiger partial charge in [-0.15, -0.1) is 0 Å². The number of aliphatic carboxylic acids is 1. The zero-order valence-electron chi connectivity index (χ0n) is 11.4. The topological polar surface area (TPSA) is 37.3 Å². The average molecular weight is 246 g/mol. The van der Waals surface area contributed by atoms with Crippen molar-refractivity contribution in [3.05, 3.63) is 35.4 Å². The molecule has 18 heavy (non-hydrogen) atoms. The number of benzene rings is 1. The molecule has 0 radical (unpaired) electrons. The Hall–Kier alpha value is -1.31. The van der Waals surface area contributed by atoms with Gasteiger partial charge in [0.25, 0.3) is 0 Å². The molecule has 0 aliphatic heterocycles. The molecule has 1 aliphatic carbocycles. The Morgan fingerprint density at radius 2 is 1.78 bits per heavy atom. The minimum atomic E-state index is -0.623. The molecule has 2 heteroatoms. The van der Waals surface area contributed by atoms with Crippen molar-refractivity contribution in [3.8, 4) is 0 Å². The molecular formula is C16H22O2. The average Bonchev–Trinajstić information content (AvgIpc) is 3.08. The maximum Gasteiger partial charge on any atom is 0.306 e. The van der Waals surface area contributed by atoms with Crippen LogP contribution in [-0.2, 0) is 4.79 Å². The zero-order valence-corrected chi connectivity index (χ0v) is 11.4. The zero-order chi connectivity index (χ0) is 13.3. The van der Waals surface area contributed by atoms with E-state index in [-0.39, 0.29) is 5.92 Å². The highest BCUT2D eigenvalue weighted by molar-refractivity contribution is 5.73. The Labute approximate surface area is 109 Å². The third-order valence-electron chi connectivity index (χ3n) is 4.07. The van der Waals surface area contributed by atoms with Crippen LogP contribution >= 0.6 is 0 Å². The van der Waals surface area contributed by atoms with Crippen molar-refractivity contribution < 1.29 is 9.90 Å². The lowest BCUT2D eigenvalue weighted by atomic mass is 9.92. The number of rotatable bonds is 5. The number of hydrogen-bond donors (Lipinski definition) is 1. The Morgan fingerprint density at radius 1 is 1.22 bits per heavy atom. The molecule has 0 saturated heterocycles. The summed E-state index contributed by atoms with van der Waals surface area (Å²) in [4.78, 5) is 10.8. The molecule has 0 heterocycles. The minimum absolute atomic E-state index is 0.0811. The molecule has 2 nitrogen and oxygen atoms in total. The SMILES string of the molecule is CC(C)c1ccc(C(C)CC2CC2C(=O)O)cc1. The summed E-state index contributed by atoms with van der Waals surface area (Å²) in [6.45, 7) is 6.59. The molecule has 1 aromatic rings. The maximum absolute atomic E-state index is 10.8. The molecule has 3 unspecified atom stereocenters. The van der Waals surface area contributed by atoms with Crippen LogP contribution in [0.5, 0.6) is 0 Å². The molecule has 2 rings (SSSR count). The summed E-state index contributed by atoms with van der Waals surface area (Å²) >= 11 is 0. The van der Waals surface area contributed by atoms with E-state index >= 15 is 0 Å². The number of hydrogen-bond acceptors (Lipinski definition) is 1. The van der Waals surface area contributed by atoms with Gasteiger partial charge in [0.2, 0.25) is 0 Å². The number of carboxylic acids is 1. The van der Waals surface area contributed by atoms with Gasteiger partial charge in [0.1, 0.15) is 0 Å². The number of carbonyl (C=O) groups is 1. The van der Waals surface area contributed by atoms with Gasteiger partial charge in [-0.3, -0.25) is 4.79 Å². The van der Waals surface area contributed by atoms with E-state index in [9.17, 15) is 4.79 Å². The lowest BCUT2D eigenvalue weighted by molar-refractivity contribution is -0.138. The van der Waals surface area contributed by atoms with Crippen molar-refractivity contribution in [3.63, 3.8) is 0 Å². The first-order valence-corrected chi connectivity index (χ1v) is 6.81. The van der Waals surface area contributed by atoms with Gasteiger partial charge in [-0.05, 0) is 41.7 Å². The van der Waals surface area contributed by atoms with Crippen LogP contribution in [0.1, 0.15) is 56.6 Å². The quantitative estimate of drug-likeness (QED) is 0.851. The van der Waals surface area contributed by atoms with Crippen LogP contribution in [0.4, 0.5) is 0 Å². The van der Waals surface area contributed by atoms with E-state index in [1.165, 1.54) is 11.1 Å². The smallest absolute Gasteiger partial charge is 0.306 e. The van der Waals surface area contributed by atoms with Gasteiger partial charge < -0.3 is 5.11 Å².